The Morgan fingerprint density at radius 2 is 1.93 bits per heavy atom. The predicted molar refractivity (Wildman–Crippen MR) is 63.1 cm³/mol. The lowest BCUT2D eigenvalue weighted by Crippen LogP contribution is -2.40. The molecule has 2 heteroatoms. The molecule has 0 spiro atoms. The second-order valence-corrected chi connectivity index (χ2v) is 5.22. The maximum atomic E-state index is 10.3. The van der Waals surface area contributed by atoms with Gasteiger partial charge < -0.3 is 5.11 Å². The molecule has 1 unspecified atom stereocenters. The van der Waals surface area contributed by atoms with Gasteiger partial charge in [-0.3, -0.25) is 0 Å². The van der Waals surface area contributed by atoms with Gasteiger partial charge in [-0.05, 0) is 43.4 Å². The van der Waals surface area contributed by atoms with Crippen molar-refractivity contribution in [2.24, 2.45) is 5.92 Å². The van der Waals surface area contributed by atoms with E-state index in [1.165, 1.54) is 19.3 Å². The summed E-state index contributed by atoms with van der Waals surface area (Å²) in [6.07, 6.45) is 4.33. The van der Waals surface area contributed by atoms with Crippen molar-refractivity contribution >= 4 is 11.6 Å². The number of hydrogen-bond donors (Lipinski definition) is 1. The molecule has 1 saturated carbocycles. The van der Waals surface area contributed by atoms with Gasteiger partial charge in [0.25, 0.3) is 0 Å². The van der Waals surface area contributed by atoms with E-state index in [0.29, 0.717) is 5.92 Å². The van der Waals surface area contributed by atoms with Crippen LogP contribution in [0.4, 0.5) is 0 Å². The average molecular weight is 225 g/mol. The molecule has 15 heavy (non-hydrogen) atoms. The summed E-state index contributed by atoms with van der Waals surface area (Å²) in [4.78, 5) is 0. The smallest absolute Gasteiger partial charge is 0.0687 e. The highest BCUT2D eigenvalue weighted by Crippen LogP contribution is 2.37. The minimum absolute atomic E-state index is 0.480. The van der Waals surface area contributed by atoms with Crippen LogP contribution in [0.1, 0.15) is 31.7 Å². The summed E-state index contributed by atoms with van der Waals surface area (Å²) in [5.74, 6) is 0.480. The summed E-state index contributed by atoms with van der Waals surface area (Å²) in [6, 6.07) is 7.76. The molecule has 1 nitrogen and oxygen atoms in total. The van der Waals surface area contributed by atoms with E-state index in [9.17, 15) is 5.11 Å². The minimum Gasteiger partial charge on any atom is -0.390 e. The fourth-order valence-corrected chi connectivity index (χ4v) is 2.32. The van der Waals surface area contributed by atoms with Crippen molar-refractivity contribution in [2.45, 2.75) is 38.2 Å². The van der Waals surface area contributed by atoms with Crippen molar-refractivity contribution in [3.8, 4) is 0 Å². The SMILES string of the molecule is CC(O)(Cc1ccc(Cl)cc1)C1CCC1. The third-order valence-corrected chi connectivity index (χ3v) is 3.71. The molecule has 0 heterocycles. The molecule has 2 rings (SSSR count). The van der Waals surface area contributed by atoms with Gasteiger partial charge in [0.05, 0.1) is 5.60 Å². The zero-order chi connectivity index (χ0) is 10.9. The monoisotopic (exact) mass is 224 g/mol. The van der Waals surface area contributed by atoms with E-state index in [1.54, 1.807) is 0 Å². The predicted octanol–water partition coefficient (Wildman–Crippen LogP) is 3.43. The molecule has 0 amide bonds. The molecular weight excluding hydrogens is 208 g/mol. The van der Waals surface area contributed by atoms with Gasteiger partial charge in [0.1, 0.15) is 0 Å². The molecule has 1 aliphatic rings. The molecule has 1 aromatic carbocycles. The van der Waals surface area contributed by atoms with Gasteiger partial charge >= 0.3 is 0 Å². The van der Waals surface area contributed by atoms with Crippen LogP contribution >= 0.6 is 11.6 Å². The summed E-state index contributed by atoms with van der Waals surface area (Å²) < 4.78 is 0. The Morgan fingerprint density at radius 1 is 1.33 bits per heavy atom. The lowest BCUT2D eigenvalue weighted by atomic mass is 9.71. The molecular formula is C13H17ClO. The van der Waals surface area contributed by atoms with Crippen LogP contribution in [0.25, 0.3) is 0 Å². The highest BCUT2D eigenvalue weighted by Gasteiger charge is 2.35. The first-order valence-corrected chi connectivity index (χ1v) is 5.92. The molecule has 0 aliphatic heterocycles. The maximum absolute atomic E-state index is 10.3. The topological polar surface area (TPSA) is 20.2 Å². The van der Waals surface area contributed by atoms with E-state index in [-0.39, 0.29) is 0 Å². The molecule has 1 atom stereocenters. The average Bonchev–Trinajstić information content (AvgIpc) is 2.04. The summed E-state index contributed by atoms with van der Waals surface area (Å²) in [7, 11) is 0. The standard InChI is InChI=1S/C13H17ClO/c1-13(15,11-3-2-4-11)9-10-5-7-12(14)8-6-10/h5-8,11,15H,2-4,9H2,1H3. The maximum Gasteiger partial charge on any atom is 0.0687 e. The minimum atomic E-state index is -0.550. The van der Waals surface area contributed by atoms with Gasteiger partial charge in [0.2, 0.25) is 0 Å². The summed E-state index contributed by atoms with van der Waals surface area (Å²) in [5.41, 5.74) is 0.614. The molecule has 1 aliphatic carbocycles. The Labute approximate surface area is 96.1 Å². The fourth-order valence-electron chi connectivity index (χ4n) is 2.19. The molecule has 1 N–H and O–H groups in total. The Kier molecular flexibility index (Phi) is 3.03. The van der Waals surface area contributed by atoms with E-state index in [2.05, 4.69) is 0 Å². The Balaban J connectivity index is 2.03. The first-order chi connectivity index (χ1) is 7.08. The van der Waals surface area contributed by atoms with E-state index >= 15 is 0 Å². The van der Waals surface area contributed by atoms with Crippen molar-refractivity contribution < 1.29 is 5.11 Å². The highest BCUT2D eigenvalue weighted by atomic mass is 35.5. The second-order valence-electron chi connectivity index (χ2n) is 4.79. The zero-order valence-corrected chi connectivity index (χ0v) is 9.80. The van der Waals surface area contributed by atoms with E-state index < -0.39 is 5.60 Å². The highest BCUT2D eigenvalue weighted by molar-refractivity contribution is 6.30. The van der Waals surface area contributed by atoms with Crippen LogP contribution in [0.5, 0.6) is 0 Å². The fraction of sp³-hybridized carbons (Fsp3) is 0.538. The van der Waals surface area contributed by atoms with Gasteiger partial charge in [0.15, 0.2) is 0 Å². The molecule has 1 aromatic rings. The van der Waals surface area contributed by atoms with Crippen LogP contribution in [0.15, 0.2) is 24.3 Å². The van der Waals surface area contributed by atoms with Gasteiger partial charge in [-0.2, -0.15) is 0 Å². The lowest BCUT2D eigenvalue weighted by Gasteiger charge is -2.39. The van der Waals surface area contributed by atoms with Gasteiger partial charge in [-0.25, -0.2) is 0 Å². The molecule has 0 bridgehead atoms. The van der Waals surface area contributed by atoms with Crippen molar-refractivity contribution in [2.75, 3.05) is 0 Å². The van der Waals surface area contributed by atoms with Crippen LogP contribution in [-0.2, 0) is 6.42 Å². The van der Waals surface area contributed by atoms with Crippen molar-refractivity contribution in [3.63, 3.8) is 0 Å². The number of halogens is 1. The second kappa shape index (κ2) is 4.15. The van der Waals surface area contributed by atoms with Crippen molar-refractivity contribution in [1.29, 1.82) is 0 Å². The van der Waals surface area contributed by atoms with Crippen LogP contribution in [0, 0.1) is 5.92 Å². The Morgan fingerprint density at radius 3 is 2.40 bits per heavy atom. The van der Waals surface area contributed by atoms with Crippen LogP contribution < -0.4 is 0 Å². The molecule has 82 valence electrons. The van der Waals surface area contributed by atoms with Crippen molar-refractivity contribution in [3.05, 3.63) is 34.9 Å². The van der Waals surface area contributed by atoms with E-state index in [0.717, 1.165) is 17.0 Å². The van der Waals surface area contributed by atoms with Crippen LogP contribution in [-0.4, -0.2) is 10.7 Å². The summed E-state index contributed by atoms with van der Waals surface area (Å²) >= 11 is 5.82. The first kappa shape index (κ1) is 11.0. The Bertz CT molecular complexity index is 325. The van der Waals surface area contributed by atoms with Crippen molar-refractivity contribution in [1.82, 2.24) is 0 Å². The molecule has 0 saturated heterocycles. The molecule has 1 fully saturated rings. The van der Waals surface area contributed by atoms with Crippen LogP contribution in [0.3, 0.4) is 0 Å². The van der Waals surface area contributed by atoms with Gasteiger partial charge in [-0.15, -0.1) is 0 Å². The number of rotatable bonds is 3. The number of aliphatic hydroxyl groups is 1. The normalized spacial score (nSPS) is 20.7. The summed E-state index contributed by atoms with van der Waals surface area (Å²) in [6.45, 7) is 1.95. The molecule has 0 aromatic heterocycles. The Hall–Kier alpha value is -0.530. The van der Waals surface area contributed by atoms with Crippen LogP contribution in [0.2, 0.25) is 5.02 Å². The first-order valence-electron chi connectivity index (χ1n) is 5.55. The molecule has 0 radical (unpaired) electrons. The van der Waals surface area contributed by atoms with Gasteiger partial charge in [0, 0.05) is 11.4 Å². The largest absolute Gasteiger partial charge is 0.390 e. The van der Waals surface area contributed by atoms with E-state index in [1.807, 2.05) is 31.2 Å². The summed E-state index contributed by atoms with van der Waals surface area (Å²) in [5, 5.41) is 11.1. The van der Waals surface area contributed by atoms with Gasteiger partial charge in [-0.1, -0.05) is 30.2 Å². The van der Waals surface area contributed by atoms with E-state index in [4.69, 9.17) is 11.6 Å². The lowest BCUT2D eigenvalue weighted by molar-refractivity contribution is -0.0339. The zero-order valence-electron chi connectivity index (χ0n) is 9.04. The third-order valence-electron chi connectivity index (χ3n) is 3.46. The number of benzene rings is 1. The third kappa shape index (κ3) is 2.53. The quantitative estimate of drug-likeness (QED) is 0.834. The number of hydrogen-bond acceptors (Lipinski definition) is 1.